The minimum absolute atomic E-state index is 0.131. The molecule has 1 saturated heterocycles. The van der Waals surface area contributed by atoms with Gasteiger partial charge in [-0.15, -0.1) is 0 Å². The van der Waals surface area contributed by atoms with Gasteiger partial charge in [0.25, 0.3) is 11.5 Å². The molecule has 0 bridgehead atoms. The molecule has 1 atom stereocenters. The highest BCUT2D eigenvalue weighted by Crippen LogP contribution is 2.17. The van der Waals surface area contributed by atoms with Crippen LogP contribution in [-0.2, 0) is 7.05 Å². The second kappa shape index (κ2) is 5.97. The van der Waals surface area contributed by atoms with Crippen LogP contribution in [0.5, 0.6) is 5.88 Å². The highest BCUT2D eigenvalue weighted by atomic mass is 16.5. The Morgan fingerprint density at radius 1 is 1.41 bits per heavy atom. The van der Waals surface area contributed by atoms with E-state index in [4.69, 9.17) is 4.74 Å². The standard InChI is InChI=1S/C15H16N4O3/c1-18-7-2-3-12(14(18)20)15(21)19-8-4-11(10-19)22-13-9-16-5-6-17-13/h2-3,5-7,9,11H,4,8,10H2,1H3. The van der Waals surface area contributed by atoms with Crippen LogP contribution in [-0.4, -0.2) is 44.5 Å². The lowest BCUT2D eigenvalue weighted by molar-refractivity contribution is 0.0768. The summed E-state index contributed by atoms with van der Waals surface area (Å²) in [7, 11) is 1.63. The first-order chi connectivity index (χ1) is 10.6. The van der Waals surface area contributed by atoms with Crippen LogP contribution in [0.4, 0.5) is 0 Å². The van der Waals surface area contributed by atoms with Crippen molar-refractivity contribution in [3.05, 3.63) is 52.8 Å². The third kappa shape index (κ3) is 2.83. The van der Waals surface area contributed by atoms with Gasteiger partial charge in [0.05, 0.1) is 12.7 Å². The van der Waals surface area contributed by atoms with Gasteiger partial charge in [0.2, 0.25) is 5.88 Å². The number of aryl methyl sites for hydroxylation is 1. The third-order valence-corrected chi connectivity index (χ3v) is 3.61. The fourth-order valence-corrected chi connectivity index (χ4v) is 2.46. The molecule has 1 fully saturated rings. The zero-order valence-electron chi connectivity index (χ0n) is 12.2. The van der Waals surface area contributed by atoms with E-state index in [-0.39, 0.29) is 23.1 Å². The number of hydrogen-bond donors (Lipinski definition) is 0. The lowest BCUT2D eigenvalue weighted by Crippen LogP contribution is -2.35. The summed E-state index contributed by atoms with van der Waals surface area (Å²) in [6.45, 7) is 0.995. The Hall–Kier alpha value is -2.70. The summed E-state index contributed by atoms with van der Waals surface area (Å²) < 4.78 is 7.09. The Bertz CT molecular complexity index is 729. The molecule has 1 amide bonds. The number of carbonyl (C=O) groups excluding carboxylic acids is 1. The van der Waals surface area contributed by atoms with Crippen molar-refractivity contribution in [2.24, 2.45) is 7.05 Å². The first-order valence-electron chi connectivity index (χ1n) is 7.03. The first kappa shape index (κ1) is 14.2. The zero-order valence-corrected chi connectivity index (χ0v) is 12.2. The number of carbonyl (C=O) groups is 1. The SMILES string of the molecule is Cn1cccc(C(=O)N2CCC(Oc3cnccn3)C2)c1=O. The molecule has 114 valence electrons. The maximum Gasteiger partial charge on any atom is 0.263 e. The van der Waals surface area contributed by atoms with Crippen molar-refractivity contribution in [3.63, 3.8) is 0 Å². The summed E-state index contributed by atoms with van der Waals surface area (Å²) in [5.74, 6) is 0.184. The van der Waals surface area contributed by atoms with Gasteiger partial charge >= 0.3 is 0 Å². The molecule has 0 radical (unpaired) electrons. The second-order valence-corrected chi connectivity index (χ2v) is 5.16. The van der Waals surface area contributed by atoms with Crippen LogP contribution in [0.3, 0.4) is 0 Å². The summed E-state index contributed by atoms with van der Waals surface area (Å²) in [5, 5.41) is 0. The quantitative estimate of drug-likeness (QED) is 0.823. The summed E-state index contributed by atoms with van der Waals surface area (Å²) in [6.07, 6.45) is 6.87. The van der Waals surface area contributed by atoms with Crippen molar-refractivity contribution in [1.82, 2.24) is 19.4 Å². The normalized spacial score (nSPS) is 17.5. The average molecular weight is 300 g/mol. The van der Waals surface area contributed by atoms with Crippen molar-refractivity contribution < 1.29 is 9.53 Å². The van der Waals surface area contributed by atoms with Gasteiger partial charge in [-0.2, -0.15) is 0 Å². The Kier molecular flexibility index (Phi) is 3.86. The molecule has 7 nitrogen and oxygen atoms in total. The zero-order chi connectivity index (χ0) is 15.5. The van der Waals surface area contributed by atoms with Crippen LogP contribution < -0.4 is 10.3 Å². The van der Waals surface area contributed by atoms with Crippen molar-refractivity contribution in [2.75, 3.05) is 13.1 Å². The topological polar surface area (TPSA) is 77.3 Å². The summed E-state index contributed by atoms with van der Waals surface area (Å²) in [6, 6.07) is 3.25. The largest absolute Gasteiger partial charge is 0.471 e. The molecule has 2 aromatic heterocycles. The molecule has 1 aliphatic heterocycles. The molecule has 2 aromatic rings. The van der Waals surface area contributed by atoms with E-state index in [0.717, 1.165) is 0 Å². The minimum atomic E-state index is -0.286. The fourth-order valence-electron chi connectivity index (χ4n) is 2.46. The fraction of sp³-hybridized carbons (Fsp3) is 0.333. The number of hydrogen-bond acceptors (Lipinski definition) is 5. The Labute approximate surface area is 127 Å². The van der Waals surface area contributed by atoms with Gasteiger partial charge in [0, 0.05) is 38.6 Å². The van der Waals surface area contributed by atoms with Crippen LogP contribution in [0.1, 0.15) is 16.8 Å². The molecule has 7 heteroatoms. The Morgan fingerprint density at radius 3 is 3.05 bits per heavy atom. The smallest absolute Gasteiger partial charge is 0.263 e. The molecule has 0 spiro atoms. The number of likely N-dealkylation sites (tertiary alicyclic amines) is 1. The number of ether oxygens (including phenoxy) is 1. The molecule has 3 rings (SSSR count). The van der Waals surface area contributed by atoms with Gasteiger partial charge in [-0.1, -0.05) is 0 Å². The number of aromatic nitrogens is 3. The van der Waals surface area contributed by atoms with Crippen molar-refractivity contribution >= 4 is 5.91 Å². The van der Waals surface area contributed by atoms with Gasteiger partial charge in [-0.25, -0.2) is 4.98 Å². The summed E-state index contributed by atoms with van der Waals surface area (Å²) >= 11 is 0. The van der Waals surface area contributed by atoms with E-state index in [1.54, 1.807) is 42.7 Å². The third-order valence-electron chi connectivity index (χ3n) is 3.61. The number of nitrogens with zero attached hydrogens (tertiary/aromatic N) is 4. The molecule has 0 saturated carbocycles. The first-order valence-corrected chi connectivity index (χ1v) is 7.03. The summed E-state index contributed by atoms with van der Waals surface area (Å²) in [4.78, 5) is 34.1. The van der Waals surface area contributed by atoms with Crippen molar-refractivity contribution in [3.8, 4) is 5.88 Å². The van der Waals surface area contributed by atoms with E-state index in [9.17, 15) is 9.59 Å². The number of pyridine rings is 1. The van der Waals surface area contributed by atoms with Crippen LogP contribution in [0.2, 0.25) is 0 Å². The second-order valence-electron chi connectivity index (χ2n) is 5.16. The Morgan fingerprint density at radius 2 is 2.27 bits per heavy atom. The van der Waals surface area contributed by atoms with E-state index in [2.05, 4.69) is 9.97 Å². The number of rotatable bonds is 3. The predicted octanol–water partition coefficient (Wildman–Crippen LogP) is 0.469. The van der Waals surface area contributed by atoms with E-state index in [0.29, 0.717) is 25.4 Å². The molecule has 0 aliphatic carbocycles. The molecule has 0 aromatic carbocycles. The summed E-state index contributed by atoms with van der Waals surface area (Å²) in [5.41, 5.74) is -0.101. The van der Waals surface area contributed by atoms with Gasteiger partial charge in [-0.3, -0.25) is 14.6 Å². The molecule has 1 unspecified atom stereocenters. The van der Waals surface area contributed by atoms with E-state index >= 15 is 0 Å². The predicted molar refractivity (Wildman–Crippen MR) is 78.7 cm³/mol. The molecular formula is C15H16N4O3. The van der Waals surface area contributed by atoms with E-state index < -0.39 is 0 Å². The lowest BCUT2D eigenvalue weighted by atomic mass is 10.2. The van der Waals surface area contributed by atoms with Crippen molar-refractivity contribution in [2.45, 2.75) is 12.5 Å². The highest BCUT2D eigenvalue weighted by Gasteiger charge is 2.29. The molecule has 0 N–H and O–H groups in total. The highest BCUT2D eigenvalue weighted by molar-refractivity contribution is 5.94. The van der Waals surface area contributed by atoms with Gasteiger partial charge < -0.3 is 14.2 Å². The van der Waals surface area contributed by atoms with Crippen LogP contribution >= 0.6 is 0 Å². The van der Waals surface area contributed by atoms with Gasteiger partial charge in [-0.05, 0) is 12.1 Å². The maximum atomic E-state index is 12.4. The Balaban J connectivity index is 1.69. The lowest BCUT2D eigenvalue weighted by Gasteiger charge is -2.16. The maximum absolute atomic E-state index is 12.4. The van der Waals surface area contributed by atoms with Crippen molar-refractivity contribution in [1.29, 1.82) is 0 Å². The van der Waals surface area contributed by atoms with E-state index in [1.807, 2.05) is 0 Å². The molecular weight excluding hydrogens is 284 g/mol. The average Bonchev–Trinajstić information content (AvgIpc) is 2.99. The minimum Gasteiger partial charge on any atom is -0.471 e. The number of amides is 1. The molecule has 3 heterocycles. The van der Waals surface area contributed by atoms with Gasteiger partial charge in [0.1, 0.15) is 11.7 Å². The monoisotopic (exact) mass is 300 g/mol. The van der Waals surface area contributed by atoms with E-state index in [1.165, 1.54) is 10.8 Å². The van der Waals surface area contributed by atoms with Crippen LogP contribution in [0.25, 0.3) is 0 Å². The van der Waals surface area contributed by atoms with Crippen LogP contribution in [0, 0.1) is 0 Å². The molecule has 22 heavy (non-hydrogen) atoms. The van der Waals surface area contributed by atoms with Gasteiger partial charge in [0.15, 0.2) is 0 Å². The molecule has 1 aliphatic rings. The van der Waals surface area contributed by atoms with Crippen LogP contribution in [0.15, 0.2) is 41.7 Å².